The fraction of sp³-hybridized carbons (Fsp3) is 0.500. The number of hydrogen-bond acceptors (Lipinski definition) is 4. The van der Waals surface area contributed by atoms with Crippen molar-refractivity contribution in [3.8, 4) is 0 Å². The van der Waals surface area contributed by atoms with Gasteiger partial charge in [-0.25, -0.2) is 8.42 Å². The summed E-state index contributed by atoms with van der Waals surface area (Å²) in [5.41, 5.74) is -5.32. The van der Waals surface area contributed by atoms with Crippen LogP contribution in [0.4, 0.5) is 18.9 Å². The maximum atomic E-state index is 12.8. The number of sulfone groups is 1. The summed E-state index contributed by atoms with van der Waals surface area (Å²) >= 11 is 0. The zero-order chi connectivity index (χ0) is 17.3. The van der Waals surface area contributed by atoms with E-state index in [0.717, 1.165) is 6.07 Å². The normalized spacial score (nSPS) is 16.5. The molecule has 1 aromatic rings. The first-order valence-electron chi connectivity index (χ1n) is 7.11. The van der Waals surface area contributed by atoms with E-state index >= 15 is 0 Å². The Labute approximate surface area is 132 Å². The number of halogens is 3. The Hall–Kier alpha value is -1.77. The monoisotopic (exact) mass is 350 g/mol. The van der Waals surface area contributed by atoms with Crippen LogP contribution in [0.5, 0.6) is 0 Å². The summed E-state index contributed by atoms with van der Waals surface area (Å²) in [4.78, 5) is 14.1. The van der Waals surface area contributed by atoms with Crippen molar-refractivity contribution in [3.05, 3.63) is 24.3 Å². The van der Waals surface area contributed by atoms with Crippen molar-refractivity contribution in [2.75, 3.05) is 31.1 Å². The molecular formula is C14H17F3N2O3S. The Morgan fingerprint density at radius 3 is 2.22 bits per heavy atom. The summed E-state index contributed by atoms with van der Waals surface area (Å²) in [6.07, 6.45) is 0.360. The number of anilines is 1. The summed E-state index contributed by atoms with van der Waals surface area (Å²) in [6, 6.07) is 5.07. The van der Waals surface area contributed by atoms with Gasteiger partial charge in [0, 0.05) is 32.6 Å². The smallest absolute Gasteiger partial charge is 0.367 e. The van der Waals surface area contributed by atoms with E-state index in [-0.39, 0.29) is 24.7 Å². The van der Waals surface area contributed by atoms with Crippen molar-refractivity contribution >= 4 is 21.4 Å². The van der Waals surface area contributed by atoms with Crippen molar-refractivity contribution in [1.29, 1.82) is 0 Å². The van der Waals surface area contributed by atoms with Gasteiger partial charge in [-0.2, -0.15) is 13.2 Å². The summed E-state index contributed by atoms with van der Waals surface area (Å²) in [5.74, 6) is -0.0270. The summed E-state index contributed by atoms with van der Waals surface area (Å²) in [7, 11) is -5.41. The van der Waals surface area contributed by atoms with Gasteiger partial charge < -0.3 is 9.80 Å². The third kappa shape index (κ3) is 3.44. The van der Waals surface area contributed by atoms with Crippen molar-refractivity contribution < 1.29 is 26.4 Å². The standard InChI is InChI=1S/C14H17F3N2O3S/c1-2-13(20)19-9-7-18(8-10-19)11-5-3-4-6-12(11)23(21,22)14(15,16)17/h3-6H,2,7-10H2,1H3. The third-order valence-electron chi connectivity index (χ3n) is 3.73. The van der Waals surface area contributed by atoms with E-state index in [0.29, 0.717) is 19.5 Å². The van der Waals surface area contributed by atoms with Gasteiger partial charge in [0.15, 0.2) is 0 Å². The fourth-order valence-corrected chi connectivity index (χ4v) is 3.47. The molecule has 1 aromatic carbocycles. The number of piperazine rings is 1. The zero-order valence-electron chi connectivity index (χ0n) is 12.5. The second-order valence-electron chi connectivity index (χ2n) is 5.14. The molecule has 2 rings (SSSR count). The molecule has 0 bridgehead atoms. The maximum Gasteiger partial charge on any atom is 0.501 e. The molecule has 0 N–H and O–H groups in total. The lowest BCUT2D eigenvalue weighted by Crippen LogP contribution is -2.49. The quantitative estimate of drug-likeness (QED) is 0.837. The van der Waals surface area contributed by atoms with Crippen LogP contribution < -0.4 is 4.90 Å². The van der Waals surface area contributed by atoms with E-state index in [1.54, 1.807) is 16.7 Å². The number of amides is 1. The van der Waals surface area contributed by atoms with Crippen LogP contribution >= 0.6 is 0 Å². The molecule has 0 saturated carbocycles. The summed E-state index contributed by atoms with van der Waals surface area (Å²) in [6.45, 7) is 3.02. The molecular weight excluding hydrogens is 333 g/mol. The van der Waals surface area contributed by atoms with E-state index < -0.39 is 20.2 Å². The van der Waals surface area contributed by atoms with Gasteiger partial charge in [0.2, 0.25) is 5.91 Å². The van der Waals surface area contributed by atoms with Gasteiger partial charge in [-0.05, 0) is 12.1 Å². The molecule has 1 heterocycles. The molecule has 9 heteroatoms. The number of alkyl halides is 3. The number of nitrogens with zero attached hydrogens (tertiary/aromatic N) is 2. The minimum absolute atomic E-state index is 0.0217. The van der Waals surface area contributed by atoms with E-state index in [1.165, 1.54) is 18.2 Å². The molecule has 1 aliphatic rings. The first-order valence-corrected chi connectivity index (χ1v) is 8.60. The first-order chi connectivity index (χ1) is 10.7. The maximum absolute atomic E-state index is 12.8. The molecule has 23 heavy (non-hydrogen) atoms. The summed E-state index contributed by atoms with van der Waals surface area (Å²) < 4.78 is 61.9. The number of para-hydroxylation sites is 1. The van der Waals surface area contributed by atoms with E-state index in [4.69, 9.17) is 0 Å². The van der Waals surface area contributed by atoms with Gasteiger partial charge in [-0.15, -0.1) is 0 Å². The second kappa shape index (κ2) is 6.38. The molecule has 128 valence electrons. The van der Waals surface area contributed by atoms with Gasteiger partial charge in [-0.1, -0.05) is 19.1 Å². The molecule has 0 atom stereocenters. The van der Waals surface area contributed by atoms with Crippen molar-refractivity contribution in [1.82, 2.24) is 4.90 Å². The lowest BCUT2D eigenvalue weighted by atomic mass is 10.2. The SMILES string of the molecule is CCC(=O)N1CCN(c2ccccc2S(=O)(=O)C(F)(F)F)CC1. The van der Waals surface area contributed by atoms with Gasteiger partial charge in [-0.3, -0.25) is 4.79 Å². The van der Waals surface area contributed by atoms with Crippen LogP contribution in [-0.2, 0) is 14.6 Å². The highest BCUT2D eigenvalue weighted by atomic mass is 32.2. The highest BCUT2D eigenvalue weighted by Gasteiger charge is 2.48. The highest BCUT2D eigenvalue weighted by molar-refractivity contribution is 7.92. The molecule has 1 amide bonds. The fourth-order valence-electron chi connectivity index (χ4n) is 2.49. The molecule has 1 saturated heterocycles. The van der Waals surface area contributed by atoms with Crippen LogP contribution in [0, 0.1) is 0 Å². The third-order valence-corrected chi connectivity index (χ3v) is 5.27. The number of carbonyl (C=O) groups is 1. The topological polar surface area (TPSA) is 57.7 Å². The van der Waals surface area contributed by atoms with Crippen LogP contribution in [0.3, 0.4) is 0 Å². The summed E-state index contributed by atoms with van der Waals surface area (Å²) in [5, 5.41) is 0. The van der Waals surface area contributed by atoms with Gasteiger partial charge in [0.1, 0.15) is 0 Å². The predicted molar refractivity (Wildman–Crippen MR) is 78.8 cm³/mol. The average molecular weight is 350 g/mol. The Bertz CT molecular complexity index is 681. The highest BCUT2D eigenvalue weighted by Crippen LogP contribution is 2.36. The van der Waals surface area contributed by atoms with Crippen LogP contribution in [0.15, 0.2) is 29.2 Å². The van der Waals surface area contributed by atoms with Crippen molar-refractivity contribution in [3.63, 3.8) is 0 Å². The van der Waals surface area contributed by atoms with E-state index in [2.05, 4.69) is 0 Å². The lowest BCUT2D eigenvalue weighted by molar-refractivity contribution is -0.131. The number of carbonyl (C=O) groups excluding carboxylic acids is 1. The minimum atomic E-state index is -5.41. The van der Waals surface area contributed by atoms with Gasteiger partial charge in [0.05, 0.1) is 10.6 Å². The molecule has 0 aliphatic carbocycles. The first kappa shape index (κ1) is 17.6. The molecule has 1 fully saturated rings. The zero-order valence-corrected chi connectivity index (χ0v) is 13.3. The Morgan fingerprint density at radius 2 is 1.70 bits per heavy atom. The van der Waals surface area contributed by atoms with Crippen LogP contribution in [0.2, 0.25) is 0 Å². The Balaban J connectivity index is 2.28. The molecule has 0 radical (unpaired) electrons. The largest absolute Gasteiger partial charge is 0.501 e. The van der Waals surface area contributed by atoms with Gasteiger partial charge >= 0.3 is 5.51 Å². The molecule has 0 unspecified atom stereocenters. The van der Waals surface area contributed by atoms with Crippen molar-refractivity contribution in [2.24, 2.45) is 0 Å². The molecule has 1 aliphatic heterocycles. The molecule has 5 nitrogen and oxygen atoms in total. The second-order valence-corrected chi connectivity index (χ2v) is 7.05. The lowest BCUT2D eigenvalue weighted by Gasteiger charge is -2.36. The van der Waals surface area contributed by atoms with Crippen LogP contribution in [0.25, 0.3) is 0 Å². The van der Waals surface area contributed by atoms with Crippen LogP contribution in [0.1, 0.15) is 13.3 Å². The van der Waals surface area contributed by atoms with E-state index in [1.807, 2.05) is 0 Å². The minimum Gasteiger partial charge on any atom is -0.367 e. The van der Waals surface area contributed by atoms with E-state index in [9.17, 15) is 26.4 Å². The van der Waals surface area contributed by atoms with Gasteiger partial charge in [0.25, 0.3) is 9.84 Å². The Kier molecular flexibility index (Phi) is 4.88. The number of hydrogen-bond donors (Lipinski definition) is 0. The molecule has 0 aromatic heterocycles. The predicted octanol–water partition coefficient (Wildman–Crippen LogP) is 2.04. The van der Waals surface area contributed by atoms with Crippen LogP contribution in [-0.4, -0.2) is 50.9 Å². The molecule has 0 spiro atoms. The van der Waals surface area contributed by atoms with Crippen molar-refractivity contribution in [2.45, 2.75) is 23.7 Å². The number of benzene rings is 1. The average Bonchev–Trinajstić information content (AvgIpc) is 2.53. The Morgan fingerprint density at radius 1 is 1.13 bits per heavy atom. The number of rotatable bonds is 3.